The summed E-state index contributed by atoms with van der Waals surface area (Å²) in [5.41, 5.74) is 6.23. The number of hydrogen-bond donors (Lipinski definition) is 2. The molecule has 0 aliphatic rings. The molecule has 0 fully saturated rings. The molecule has 100 valence electrons. The van der Waals surface area contributed by atoms with Crippen molar-refractivity contribution in [2.45, 2.75) is 20.0 Å². The fraction of sp³-hybridized carbons (Fsp3) is 0.462. The van der Waals surface area contributed by atoms with E-state index >= 15 is 0 Å². The zero-order valence-electron chi connectivity index (χ0n) is 10.8. The molecule has 0 spiro atoms. The van der Waals surface area contributed by atoms with E-state index in [-0.39, 0.29) is 5.91 Å². The van der Waals surface area contributed by atoms with Gasteiger partial charge in [-0.1, -0.05) is 6.07 Å². The first kappa shape index (κ1) is 14.3. The second-order valence-electron chi connectivity index (χ2n) is 3.82. The Bertz CT molecular complexity index is 382. The number of rotatable bonds is 7. The number of anilines is 1. The third kappa shape index (κ3) is 5.05. The predicted octanol–water partition coefficient (Wildman–Crippen LogP) is 1.19. The summed E-state index contributed by atoms with van der Waals surface area (Å²) >= 11 is 0. The fourth-order valence-electron chi connectivity index (χ4n) is 1.38. The van der Waals surface area contributed by atoms with Gasteiger partial charge in [0.05, 0.1) is 6.61 Å². The Labute approximate surface area is 107 Å². The number of amides is 1. The molecule has 0 aliphatic heterocycles. The lowest BCUT2D eigenvalue weighted by atomic mass is 10.3. The van der Waals surface area contributed by atoms with Gasteiger partial charge >= 0.3 is 0 Å². The summed E-state index contributed by atoms with van der Waals surface area (Å²) < 4.78 is 10.6. The Hall–Kier alpha value is -1.75. The summed E-state index contributed by atoms with van der Waals surface area (Å²) in [6, 6.07) is 6.99. The van der Waals surface area contributed by atoms with E-state index in [9.17, 15) is 4.79 Å². The van der Waals surface area contributed by atoms with Crippen LogP contribution in [0.1, 0.15) is 13.8 Å². The number of nitrogens with two attached hydrogens (primary N) is 1. The highest BCUT2D eigenvalue weighted by atomic mass is 16.5. The molecule has 3 N–H and O–H groups in total. The van der Waals surface area contributed by atoms with Crippen LogP contribution in [-0.2, 0) is 9.53 Å². The van der Waals surface area contributed by atoms with Gasteiger partial charge in [-0.2, -0.15) is 0 Å². The molecule has 1 atom stereocenters. The normalized spacial score (nSPS) is 11.9. The van der Waals surface area contributed by atoms with Crippen LogP contribution in [0.25, 0.3) is 0 Å². The average molecular weight is 252 g/mol. The minimum Gasteiger partial charge on any atom is -0.481 e. The van der Waals surface area contributed by atoms with E-state index in [1.165, 1.54) is 0 Å². The van der Waals surface area contributed by atoms with Gasteiger partial charge in [0.1, 0.15) is 5.75 Å². The second kappa shape index (κ2) is 7.55. The molecule has 18 heavy (non-hydrogen) atoms. The van der Waals surface area contributed by atoms with Crippen molar-refractivity contribution in [3.63, 3.8) is 0 Å². The van der Waals surface area contributed by atoms with Crippen LogP contribution in [0.4, 0.5) is 5.69 Å². The Morgan fingerprint density at radius 1 is 1.50 bits per heavy atom. The van der Waals surface area contributed by atoms with Crippen LogP contribution in [0.5, 0.6) is 5.75 Å². The molecule has 1 aromatic rings. The van der Waals surface area contributed by atoms with Crippen molar-refractivity contribution in [3.8, 4) is 5.75 Å². The minimum atomic E-state index is -0.562. The molecule has 0 aromatic heterocycles. The molecule has 0 radical (unpaired) electrons. The number of ether oxygens (including phenoxy) is 2. The van der Waals surface area contributed by atoms with Gasteiger partial charge in [0.25, 0.3) is 5.91 Å². The largest absolute Gasteiger partial charge is 0.481 e. The van der Waals surface area contributed by atoms with E-state index < -0.39 is 6.10 Å². The SMILES string of the molecule is CCOCCNC(=O)[C@H](C)Oc1cccc(N)c1. The summed E-state index contributed by atoms with van der Waals surface area (Å²) in [7, 11) is 0. The third-order valence-electron chi connectivity index (χ3n) is 2.29. The lowest BCUT2D eigenvalue weighted by molar-refractivity contribution is -0.127. The van der Waals surface area contributed by atoms with Crippen molar-refractivity contribution in [1.29, 1.82) is 0 Å². The van der Waals surface area contributed by atoms with Gasteiger partial charge in [-0.25, -0.2) is 0 Å². The molecule has 5 nitrogen and oxygen atoms in total. The molecule has 0 heterocycles. The smallest absolute Gasteiger partial charge is 0.260 e. The topological polar surface area (TPSA) is 73.6 Å². The van der Waals surface area contributed by atoms with Crippen molar-refractivity contribution in [2.75, 3.05) is 25.5 Å². The molecule has 0 saturated carbocycles. The van der Waals surface area contributed by atoms with E-state index in [1.807, 2.05) is 6.92 Å². The third-order valence-corrected chi connectivity index (χ3v) is 2.29. The first-order valence-electron chi connectivity index (χ1n) is 6.01. The van der Waals surface area contributed by atoms with Crippen molar-refractivity contribution >= 4 is 11.6 Å². The standard InChI is InChI=1S/C13H20N2O3/c1-3-17-8-7-15-13(16)10(2)18-12-6-4-5-11(14)9-12/h4-6,9-10H,3,7-8,14H2,1-2H3,(H,15,16)/t10-/m0/s1. The summed E-state index contributed by atoms with van der Waals surface area (Å²) in [6.45, 7) is 5.24. The van der Waals surface area contributed by atoms with Gasteiger partial charge in [0.15, 0.2) is 6.10 Å². The van der Waals surface area contributed by atoms with Crippen LogP contribution in [0.3, 0.4) is 0 Å². The Balaban J connectivity index is 2.35. The van der Waals surface area contributed by atoms with Crippen LogP contribution in [0, 0.1) is 0 Å². The summed E-state index contributed by atoms with van der Waals surface area (Å²) in [5, 5.41) is 2.73. The highest BCUT2D eigenvalue weighted by Gasteiger charge is 2.13. The lowest BCUT2D eigenvalue weighted by Crippen LogP contribution is -2.38. The number of nitrogens with one attached hydrogen (secondary N) is 1. The summed E-state index contributed by atoms with van der Waals surface area (Å²) in [4.78, 5) is 11.7. The number of nitrogen functional groups attached to an aromatic ring is 1. The maximum Gasteiger partial charge on any atom is 0.260 e. The van der Waals surface area contributed by atoms with Crippen LogP contribution in [-0.4, -0.2) is 31.8 Å². The monoisotopic (exact) mass is 252 g/mol. The number of carbonyl (C=O) groups excluding carboxylic acids is 1. The zero-order valence-corrected chi connectivity index (χ0v) is 10.8. The fourth-order valence-corrected chi connectivity index (χ4v) is 1.38. The van der Waals surface area contributed by atoms with E-state index in [2.05, 4.69) is 5.32 Å². The van der Waals surface area contributed by atoms with Crippen molar-refractivity contribution in [3.05, 3.63) is 24.3 Å². The quantitative estimate of drug-likeness (QED) is 0.564. The van der Waals surface area contributed by atoms with Crippen LogP contribution in [0.15, 0.2) is 24.3 Å². The zero-order chi connectivity index (χ0) is 13.4. The molecular formula is C13H20N2O3. The number of carbonyl (C=O) groups is 1. The average Bonchev–Trinajstić information content (AvgIpc) is 2.34. The van der Waals surface area contributed by atoms with Gasteiger partial charge in [-0.15, -0.1) is 0 Å². The highest BCUT2D eigenvalue weighted by Crippen LogP contribution is 2.15. The Morgan fingerprint density at radius 2 is 2.28 bits per heavy atom. The van der Waals surface area contributed by atoms with Gasteiger partial charge in [-0.05, 0) is 26.0 Å². The molecular weight excluding hydrogens is 232 g/mol. The van der Waals surface area contributed by atoms with E-state index in [0.29, 0.717) is 31.2 Å². The molecule has 0 saturated heterocycles. The van der Waals surface area contributed by atoms with Gasteiger partial charge in [0.2, 0.25) is 0 Å². The lowest BCUT2D eigenvalue weighted by Gasteiger charge is -2.14. The Kier molecular flexibility index (Phi) is 6.00. The molecule has 1 aromatic carbocycles. The minimum absolute atomic E-state index is 0.169. The molecule has 0 aliphatic carbocycles. The van der Waals surface area contributed by atoms with Crippen molar-refractivity contribution in [1.82, 2.24) is 5.32 Å². The first-order chi connectivity index (χ1) is 8.63. The van der Waals surface area contributed by atoms with Crippen LogP contribution in [0.2, 0.25) is 0 Å². The second-order valence-corrected chi connectivity index (χ2v) is 3.82. The highest BCUT2D eigenvalue weighted by molar-refractivity contribution is 5.80. The van der Waals surface area contributed by atoms with Crippen LogP contribution >= 0.6 is 0 Å². The van der Waals surface area contributed by atoms with Crippen LogP contribution < -0.4 is 15.8 Å². The summed E-state index contributed by atoms with van der Waals surface area (Å²) in [6.07, 6.45) is -0.562. The molecule has 5 heteroatoms. The maximum absolute atomic E-state index is 11.7. The molecule has 1 rings (SSSR count). The first-order valence-corrected chi connectivity index (χ1v) is 6.01. The van der Waals surface area contributed by atoms with Gasteiger partial charge in [0, 0.05) is 24.9 Å². The number of hydrogen-bond acceptors (Lipinski definition) is 4. The van der Waals surface area contributed by atoms with Gasteiger partial charge in [-0.3, -0.25) is 4.79 Å². The maximum atomic E-state index is 11.7. The Morgan fingerprint density at radius 3 is 2.94 bits per heavy atom. The molecule has 1 amide bonds. The molecule has 0 unspecified atom stereocenters. The summed E-state index contributed by atoms with van der Waals surface area (Å²) in [5.74, 6) is 0.416. The molecule has 0 bridgehead atoms. The van der Waals surface area contributed by atoms with E-state index in [4.69, 9.17) is 15.2 Å². The van der Waals surface area contributed by atoms with Crippen molar-refractivity contribution in [2.24, 2.45) is 0 Å². The predicted molar refractivity (Wildman–Crippen MR) is 70.4 cm³/mol. The number of benzene rings is 1. The van der Waals surface area contributed by atoms with E-state index in [1.54, 1.807) is 31.2 Å². The van der Waals surface area contributed by atoms with E-state index in [0.717, 1.165) is 0 Å². The van der Waals surface area contributed by atoms with Crippen molar-refractivity contribution < 1.29 is 14.3 Å². The van der Waals surface area contributed by atoms with Gasteiger partial charge < -0.3 is 20.5 Å².